The second-order valence-electron chi connectivity index (χ2n) is 4.48. The van der Waals surface area contributed by atoms with Gasteiger partial charge in [-0.3, -0.25) is 0 Å². The Bertz CT molecular complexity index is 343. The van der Waals surface area contributed by atoms with Crippen molar-refractivity contribution >= 4 is 0 Å². The van der Waals surface area contributed by atoms with Crippen LogP contribution >= 0.6 is 0 Å². The van der Waals surface area contributed by atoms with Crippen LogP contribution in [0.4, 0.5) is 0 Å². The molecule has 1 N–H and O–H groups in total. The van der Waals surface area contributed by atoms with E-state index in [1.54, 1.807) is 0 Å². The van der Waals surface area contributed by atoms with Gasteiger partial charge in [-0.2, -0.15) is 0 Å². The Hall–Kier alpha value is -1.02. The van der Waals surface area contributed by atoms with E-state index < -0.39 is 0 Å². The molecule has 0 bridgehead atoms. The average molecular weight is 219 g/mol. The molecule has 0 aromatic heterocycles. The van der Waals surface area contributed by atoms with E-state index in [2.05, 4.69) is 30.4 Å². The predicted octanol–water partition coefficient (Wildman–Crippen LogP) is 2.86. The van der Waals surface area contributed by atoms with Crippen LogP contribution in [0, 0.1) is 6.92 Å². The summed E-state index contributed by atoms with van der Waals surface area (Å²) < 4.78 is 5.52. The molecule has 1 aliphatic rings. The number of hydrogen-bond acceptors (Lipinski definition) is 2. The Morgan fingerprint density at radius 3 is 2.69 bits per heavy atom. The van der Waals surface area contributed by atoms with Crippen molar-refractivity contribution in [3.8, 4) is 5.75 Å². The van der Waals surface area contributed by atoms with E-state index in [4.69, 9.17) is 4.74 Å². The molecule has 0 amide bonds. The van der Waals surface area contributed by atoms with E-state index in [9.17, 15) is 0 Å². The summed E-state index contributed by atoms with van der Waals surface area (Å²) >= 11 is 0. The Labute approximate surface area is 98.0 Å². The van der Waals surface area contributed by atoms with Crippen LogP contribution in [0.5, 0.6) is 5.75 Å². The molecule has 2 nitrogen and oxygen atoms in total. The molecule has 0 aliphatic carbocycles. The summed E-state index contributed by atoms with van der Waals surface area (Å²) in [7, 11) is 0. The van der Waals surface area contributed by atoms with Gasteiger partial charge in [-0.25, -0.2) is 0 Å². The predicted molar refractivity (Wildman–Crippen MR) is 67.2 cm³/mol. The van der Waals surface area contributed by atoms with Crippen LogP contribution in [0.25, 0.3) is 0 Å². The van der Waals surface area contributed by atoms with Crippen LogP contribution < -0.4 is 10.1 Å². The molecule has 0 saturated carbocycles. The number of ether oxygens (including phenoxy) is 1. The maximum atomic E-state index is 5.52. The molecule has 16 heavy (non-hydrogen) atoms. The van der Waals surface area contributed by atoms with Crippen molar-refractivity contribution in [3.05, 3.63) is 29.3 Å². The number of nitrogens with one attached hydrogen (secondary N) is 1. The Kier molecular flexibility index (Phi) is 3.83. The van der Waals surface area contributed by atoms with Gasteiger partial charge in [-0.1, -0.05) is 6.07 Å². The summed E-state index contributed by atoms with van der Waals surface area (Å²) in [5, 5.41) is 3.41. The standard InChI is InChI=1S/C14H21NO/c1-3-16-13-4-5-14(11(2)10-13)12-6-8-15-9-7-12/h4-5,10,12,15H,3,6-9H2,1-2H3. The molecule has 0 spiro atoms. The highest BCUT2D eigenvalue weighted by Gasteiger charge is 2.16. The van der Waals surface area contributed by atoms with E-state index in [1.807, 2.05) is 6.92 Å². The van der Waals surface area contributed by atoms with Crippen LogP contribution in [-0.2, 0) is 0 Å². The molecule has 0 atom stereocenters. The zero-order valence-electron chi connectivity index (χ0n) is 10.3. The van der Waals surface area contributed by atoms with Crippen molar-refractivity contribution in [1.82, 2.24) is 5.32 Å². The summed E-state index contributed by atoms with van der Waals surface area (Å²) in [4.78, 5) is 0. The summed E-state index contributed by atoms with van der Waals surface area (Å²) in [6.45, 7) is 7.26. The van der Waals surface area contributed by atoms with Crippen LogP contribution in [0.2, 0.25) is 0 Å². The second kappa shape index (κ2) is 5.35. The molecule has 1 fully saturated rings. The lowest BCUT2D eigenvalue weighted by Crippen LogP contribution is -2.26. The Morgan fingerprint density at radius 2 is 2.06 bits per heavy atom. The van der Waals surface area contributed by atoms with Gasteiger partial charge in [0.25, 0.3) is 0 Å². The highest BCUT2D eigenvalue weighted by atomic mass is 16.5. The number of aryl methyl sites for hydroxylation is 1. The first-order valence-corrected chi connectivity index (χ1v) is 6.25. The molecule has 0 radical (unpaired) electrons. The topological polar surface area (TPSA) is 21.3 Å². The maximum Gasteiger partial charge on any atom is 0.119 e. The molecule has 2 heteroatoms. The zero-order chi connectivity index (χ0) is 11.4. The third-order valence-electron chi connectivity index (χ3n) is 3.33. The fourth-order valence-electron chi connectivity index (χ4n) is 2.50. The summed E-state index contributed by atoms with van der Waals surface area (Å²) in [5.41, 5.74) is 2.88. The van der Waals surface area contributed by atoms with E-state index in [1.165, 1.54) is 24.0 Å². The first-order valence-electron chi connectivity index (χ1n) is 6.25. The van der Waals surface area contributed by atoms with Crippen LogP contribution in [-0.4, -0.2) is 19.7 Å². The molecule has 1 aliphatic heterocycles. The maximum absolute atomic E-state index is 5.52. The fourth-order valence-corrected chi connectivity index (χ4v) is 2.50. The van der Waals surface area contributed by atoms with Gasteiger partial charge in [-0.05, 0) is 69.0 Å². The SMILES string of the molecule is CCOc1ccc(C2CCNCC2)c(C)c1. The minimum Gasteiger partial charge on any atom is -0.494 e. The number of piperidine rings is 1. The largest absolute Gasteiger partial charge is 0.494 e. The highest BCUT2D eigenvalue weighted by molar-refractivity contribution is 5.37. The van der Waals surface area contributed by atoms with Crippen molar-refractivity contribution in [2.24, 2.45) is 0 Å². The smallest absolute Gasteiger partial charge is 0.119 e. The van der Waals surface area contributed by atoms with Crippen LogP contribution in [0.15, 0.2) is 18.2 Å². The number of hydrogen-bond donors (Lipinski definition) is 1. The number of benzene rings is 1. The molecule has 1 aromatic rings. The minimum absolute atomic E-state index is 0.733. The van der Waals surface area contributed by atoms with E-state index in [0.717, 1.165) is 31.4 Å². The monoisotopic (exact) mass is 219 g/mol. The summed E-state index contributed by atoms with van der Waals surface area (Å²) in [6, 6.07) is 6.52. The fraction of sp³-hybridized carbons (Fsp3) is 0.571. The highest BCUT2D eigenvalue weighted by Crippen LogP contribution is 2.29. The van der Waals surface area contributed by atoms with Gasteiger partial charge in [0.15, 0.2) is 0 Å². The van der Waals surface area contributed by atoms with Gasteiger partial charge in [0, 0.05) is 0 Å². The van der Waals surface area contributed by atoms with Crippen LogP contribution in [0.3, 0.4) is 0 Å². The molecule has 2 rings (SSSR count). The van der Waals surface area contributed by atoms with Crippen molar-refractivity contribution in [2.75, 3.05) is 19.7 Å². The molecular formula is C14H21NO. The van der Waals surface area contributed by atoms with Gasteiger partial charge < -0.3 is 10.1 Å². The zero-order valence-corrected chi connectivity index (χ0v) is 10.3. The molecular weight excluding hydrogens is 198 g/mol. The van der Waals surface area contributed by atoms with Gasteiger partial charge in [0.1, 0.15) is 5.75 Å². The minimum atomic E-state index is 0.733. The second-order valence-corrected chi connectivity index (χ2v) is 4.48. The quantitative estimate of drug-likeness (QED) is 0.844. The van der Waals surface area contributed by atoms with E-state index in [0.29, 0.717) is 0 Å². The van der Waals surface area contributed by atoms with E-state index >= 15 is 0 Å². The molecule has 1 saturated heterocycles. The number of rotatable bonds is 3. The molecule has 0 unspecified atom stereocenters. The third-order valence-corrected chi connectivity index (χ3v) is 3.33. The van der Waals surface area contributed by atoms with Gasteiger partial charge in [-0.15, -0.1) is 0 Å². The molecule has 1 heterocycles. The van der Waals surface area contributed by atoms with Crippen LogP contribution in [0.1, 0.15) is 36.8 Å². The van der Waals surface area contributed by atoms with Crippen molar-refractivity contribution < 1.29 is 4.74 Å². The lowest BCUT2D eigenvalue weighted by molar-refractivity contribution is 0.339. The van der Waals surface area contributed by atoms with Crippen molar-refractivity contribution in [3.63, 3.8) is 0 Å². The van der Waals surface area contributed by atoms with Crippen molar-refractivity contribution in [1.29, 1.82) is 0 Å². The summed E-state index contributed by atoms with van der Waals surface area (Å²) in [5.74, 6) is 1.73. The van der Waals surface area contributed by atoms with Gasteiger partial charge in [0.05, 0.1) is 6.61 Å². The molecule has 88 valence electrons. The average Bonchev–Trinajstić information content (AvgIpc) is 2.31. The Balaban J connectivity index is 2.14. The Morgan fingerprint density at radius 1 is 1.31 bits per heavy atom. The normalized spacial score (nSPS) is 17.4. The first-order chi connectivity index (χ1) is 7.81. The lowest BCUT2D eigenvalue weighted by Gasteiger charge is -2.24. The van der Waals surface area contributed by atoms with Gasteiger partial charge in [0.2, 0.25) is 0 Å². The first kappa shape index (κ1) is 11.5. The lowest BCUT2D eigenvalue weighted by atomic mass is 9.87. The van der Waals surface area contributed by atoms with Crippen molar-refractivity contribution in [2.45, 2.75) is 32.6 Å². The summed E-state index contributed by atoms with van der Waals surface area (Å²) in [6.07, 6.45) is 2.52. The van der Waals surface area contributed by atoms with Gasteiger partial charge >= 0.3 is 0 Å². The third kappa shape index (κ3) is 2.56. The molecule has 1 aromatic carbocycles. The van der Waals surface area contributed by atoms with E-state index in [-0.39, 0.29) is 0 Å².